The third-order valence-electron chi connectivity index (χ3n) is 2.78. The van der Waals surface area contributed by atoms with Crippen LogP contribution in [0.3, 0.4) is 0 Å². The van der Waals surface area contributed by atoms with Gasteiger partial charge in [0.2, 0.25) is 0 Å². The highest BCUT2D eigenvalue weighted by atomic mass is 79.9. The number of nitrogens with one attached hydrogen (secondary N) is 1. The molecular weight excluding hydrogens is 228 g/mol. The van der Waals surface area contributed by atoms with E-state index >= 15 is 0 Å². The Morgan fingerprint density at radius 1 is 1.46 bits per heavy atom. The Bertz CT molecular complexity index is 315. The maximum Gasteiger partial charge on any atom is 0.0721 e. The number of hydrogen-bond acceptors (Lipinski definition) is 1. The normalized spacial score (nSPS) is 16.2. The molecule has 0 amide bonds. The molecule has 1 aromatic rings. The fraction of sp³-hybridized carbons (Fsp3) is 0.700. The molecule has 0 aromatic carbocycles. The van der Waals surface area contributed by atoms with Crippen LogP contribution in [0.25, 0.3) is 0 Å². The minimum Gasteiger partial charge on any atom is -0.282 e. The van der Waals surface area contributed by atoms with Gasteiger partial charge in [-0.15, -0.1) is 0 Å². The molecule has 1 N–H and O–H groups in total. The summed E-state index contributed by atoms with van der Waals surface area (Å²) in [6, 6.07) is 0. The zero-order valence-electron chi connectivity index (χ0n) is 8.15. The molecule has 1 aromatic heterocycles. The number of aryl methyl sites for hydroxylation is 1. The number of halogens is 1. The Kier molecular flexibility index (Phi) is 2.22. The van der Waals surface area contributed by atoms with Crippen molar-refractivity contribution in [1.29, 1.82) is 0 Å². The van der Waals surface area contributed by atoms with Crippen LogP contribution < -0.4 is 0 Å². The summed E-state index contributed by atoms with van der Waals surface area (Å²) in [6.07, 6.45) is 3.67. The van der Waals surface area contributed by atoms with Crippen molar-refractivity contribution in [1.82, 2.24) is 10.2 Å². The van der Waals surface area contributed by atoms with Gasteiger partial charge in [0, 0.05) is 16.4 Å². The van der Waals surface area contributed by atoms with Gasteiger partial charge in [0.1, 0.15) is 0 Å². The molecule has 1 aliphatic carbocycles. The summed E-state index contributed by atoms with van der Waals surface area (Å²) in [4.78, 5) is 0. The summed E-state index contributed by atoms with van der Waals surface area (Å²) >= 11 is 3.55. The maximum atomic E-state index is 4.43. The van der Waals surface area contributed by atoms with E-state index in [2.05, 4.69) is 40.0 Å². The largest absolute Gasteiger partial charge is 0.282 e. The van der Waals surface area contributed by atoms with Crippen molar-refractivity contribution in [2.75, 3.05) is 5.33 Å². The Morgan fingerprint density at radius 3 is 2.92 bits per heavy atom. The lowest BCUT2D eigenvalue weighted by molar-refractivity contribution is 0.573. The first-order chi connectivity index (χ1) is 6.15. The average Bonchev–Trinajstić information content (AvgIpc) is 2.62. The number of fused-ring (bicyclic) bond motifs is 1. The summed E-state index contributed by atoms with van der Waals surface area (Å²) < 4.78 is 0. The minimum absolute atomic E-state index is 0.161. The van der Waals surface area contributed by atoms with Gasteiger partial charge < -0.3 is 0 Å². The van der Waals surface area contributed by atoms with E-state index < -0.39 is 0 Å². The van der Waals surface area contributed by atoms with Crippen LogP contribution in [-0.4, -0.2) is 15.5 Å². The molecule has 0 saturated heterocycles. The van der Waals surface area contributed by atoms with Crippen molar-refractivity contribution in [3.63, 3.8) is 0 Å². The number of hydrogen-bond donors (Lipinski definition) is 1. The zero-order chi connectivity index (χ0) is 9.47. The topological polar surface area (TPSA) is 28.7 Å². The van der Waals surface area contributed by atoms with Crippen molar-refractivity contribution in [2.24, 2.45) is 0 Å². The van der Waals surface area contributed by atoms with E-state index in [1.165, 1.54) is 36.2 Å². The van der Waals surface area contributed by atoms with E-state index in [1.54, 1.807) is 0 Å². The average molecular weight is 243 g/mol. The molecule has 0 atom stereocenters. The van der Waals surface area contributed by atoms with E-state index in [1.807, 2.05) is 0 Å². The molecule has 1 heterocycles. The highest BCUT2D eigenvalue weighted by Gasteiger charge is 2.29. The van der Waals surface area contributed by atoms with Crippen molar-refractivity contribution in [2.45, 2.75) is 38.5 Å². The highest BCUT2D eigenvalue weighted by Crippen LogP contribution is 2.32. The first-order valence-electron chi connectivity index (χ1n) is 4.78. The summed E-state index contributed by atoms with van der Waals surface area (Å²) in [5, 5.41) is 8.55. The number of nitrogens with zero attached hydrogens (tertiary/aromatic N) is 1. The Hall–Kier alpha value is -0.310. The SMILES string of the molecule is CC(C)(CBr)c1n[nH]c2c1CCC2. The lowest BCUT2D eigenvalue weighted by Crippen LogP contribution is -2.21. The van der Waals surface area contributed by atoms with Gasteiger partial charge in [0.15, 0.2) is 0 Å². The van der Waals surface area contributed by atoms with Crippen LogP contribution in [0.4, 0.5) is 0 Å². The second kappa shape index (κ2) is 3.12. The van der Waals surface area contributed by atoms with Crippen molar-refractivity contribution >= 4 is 15.9 Å². The van der Waals surface area contributed by atoms with Crippen LogP contribution in [0.5, 0.6) is 0 Å². The molecule has 0 spiro atoms. The van der Waals surface area contributed by atoms with E-state index in [-0.39, 0.29) is 5.41 Å². The van der Waals surface area contributed by atoms with Crippen LogP contribution >= 0.6 is 15.9 Å². The third-order valence-corrected chi connectivity index (χ3v) is 4.18. The van der Waals surface area contributed by atoms with Crippen molar-refractivity contribution < 1.29 is 0 Å². The molecule has 0 unspecified atom stereocenters. The van der Waals surface area contributed by atoms with Crippen LogP contribution in [0.2, 0.25) is 0 Å². The summed E-state index contributed by atoms with van der Waals surface area (Å²) in [6.45, 7) is 4.47. The summed E-state index contributed by atoms with van der Waals surface area (Å²) in [7, 11) is 0. The van der Waals surface area contributed by atoms with Gasteiger partial charge in [-0.2, -0.15) is 5.10 Å². The fourth-order valence-electron chi connectivity index (χ4n) is 1.94. The smallest absolute Gasteiger partial charge is 0.0721 e. The quantitative estimate of drug-likeness (QED) is 0.794. The Balaban J connectivity index is 2.41. The molecule has 13 heavy (non-hydrogen) atoms. The van der Waals surface area contributed by atoms with E-state index in [4.69, 9.17) is 0 Å². The molecule has 2 rings (SSSR count). The molecule has 3 heteroatoms. The minimum atomic E-state index is 0.161. The number of alkyl halides is 1. The first-order valence-corrected chi connectivity index (χ1v) is 5.90. The number of aromatic amines is 1. The van der Waals surface area contributed by atoms with Gasteiger partial charge in [0.25, 0.3) is 0 Å². The van der Waals surface area contributed by atoms with Crippen LogP contribution in [-0.2, 0) is 18.3 Å². The van der Waals surface area contributed by atoms with Gasteiger partial charge >= 0.3 is 0 Å². The first kappa shape index (κ1) is 9.25. The van der Waals surface area contributed by atoms with E-state index in [9.17, 15) is 0 Å². The summed E-state index contributed by atoms with van der Waals surface area (Å²) in [5.74, 6) is 0. The van der Waals surface area contributed by atoms with Gasteiger partial charge in [0.05, 0.1) is 5.69 Å². The van der Waals surface area contributed by atoms with Crippen molar-refractivity contribution in [3.8, 4) is 0 Å². The molecule has 1 aliphatic rings. The zero-order valence-corrected chi connectivity index (χ0v) is 9.74. The standard InChI is InChI=1S/C10H15BrN2/c1-10(2,6-11)9-7-4-3-5-8(7)12-13-9/h3-6H2,1-2H3,(H,12,13). The van der Waals surface area contributed by atoms with Crippen LogP contribution in [0.15, 0.2) is 0 Å². The molecule has 0 radical (unpaired) electrons. The van der Waals surface area contributed by atoms with Crippen molar-refractivity contribution in [3.05, 3.63) is 17.0 Å². The van der Waals surface area contributed by atoms with E-state index in [0.717, 1.165) is 5.33 Å². The molecule has 2 nitrogen and oxygen atoms in total. The second-order valence-corrected chi connectivity index (χ2v) is 4.96. The molecule has 0 bridgehead atoms. The number of aromatic nitrogens is 2. The lowest BCUT2D eigenvalue weighted by Gasteiger charge is -2.20. The van der Waals surface area contributed by atoms with Gasteiger partial charge in [-0.05, 0) is 24.8 Å². The lowest BCUT2D eigenvalue weighted by atomic mass is 9.89. The van der Waals surface area contributed by atoms with Crippen LogP contribution in [0, 0.1) is 0 Å². The Labute approximate surface area is 87.2 Å². The monoisotopic (exact) mass is 242 g/mol. The molecule has 72 valence electrons. The second-order valence-electron chi connectivity index (χ2n) is 4.40. The fourth-order valence-corrected chi connectivity index (χ4v) is 2.21. The molecular formula is C10H15BrN2. The predicted octanol–water partition coefficient (Wildman–Crippen LogP) is 2.57. The Morgan fingerprint density at radius 2 is 2.23 bits per heavy atom. The number of H-pyrrole nitrogens is 1. The maximum absolute atomic E-state index is 4.43. The van der Waals surface area contributed by atoms with Gasteiger partial charge in [-0.1, -0.05) is 29.8 Å². The molecule has 0 aliphatic heterocycles. The predicted molar refractivity (Wildman–Crippen MR) is 57.4 cm³/mol. The van der Waals surface area contributed by atoms with Crippen LogP contribution in [0.1, 0.15) is 37.2 Å². The molecule has 0 fully saturated rings. The van der Waals surface area contributed by atoms with Gasteiger partial charge in [-0.25, -0.2) is 0 Å². The highest BCUT2D eigenvalue weighted by molar-refractivity contribution is 9.09. The summed E-state index contributed by atoms with van der Waals surface area (Å²) in [5.41, 5.74) is 4.26. The van der Waals surface area contributed by atoms with E-state index in [0.29, 0.717) is 0 Å². The van der Waals surface area contributed by atoms with Gasteiger partial charge in [-0.3, -0.25) is 5.10 Å². The number of rotatable bonds is 2. The third kappa shape index (κ3) is 1.43. The molecule has 0 saturated carbocycles.